The summed E-state index contributed by atoms with van der Waals surface area (Å²) >= 11 is 12.1. The number of benzene rings is 1. The van der Waals surface area contributed by atoms with Gasteiger partial charge in [-0.25, -0.2) is 0 Å². The molecule has 2 heterocycles. The van der Waals surface area contributed by atoms with Crippen molar-refractivity contribution in [2.45, 2.75) is 70.7 Å². The molecule has 0 saturated carbocycles. The van der Waals surface area contributed by atoms with Gasteiger partial charge in [0.1, 0.15) is 6.04 Å². The van der Waals surface area contributed by atoms with Crippen LogP contribution in [0.2, 0.25) is 10.0 Å². The molecule has 2 aliphatic heterocycles. The molecular weight excluding hydrogens is 423 g/mol. The lowest BCUT2D eigenvalue weighted by Gasteiger charge is -2.33. The Morgan fingerprint density at radius 1 is 1.30 bits per heavy atom. The van der Waals surface area contributed by atoms with Crippen molar-refractivity contribution in [1.82, 2.24) is 15.1 Å². The Hall–Kier alpha value is -1.34. The van der Waals surface area contributed by atoms with Crippen molar-refractivity contribution in [2.24, 2.45) is 11.7 Å². The monoisotopic (exact) mass is 454 g/mol. The Kier molecular flexibility index (Phi) is 7.66. The van der Waals surface area contributed by atoms with Crippen molar-refractivity contribution in [3.8, 4) is 0 Å². The molecule has 2 fully saturated rings. The van der Waals surface area contributed by atoms with Gasteiger partial charge in [0.25, 0.3) is 0 Å². The van der Waals surface area contributed by atoms with Gasteiger partial charge in [0, 0.05) is 31.7 Å². The molecule has 4 atom stereocenters. The molecular formula is C22H32Cl2N4O2. The minimum atomic E-state index is -0.496. The molecule has 3 rings (SSSR count). The lowest BCUT2D eigenvalue weighted by atomic mass is 10.00. The Morgan fingerprint density at radius 3 is 2.70 bits per heavy atom. The molecule has 0 aliphatic carbocycles. The van der Waals surface area contributed by atoms with Gasteiger partial charge in [-0.3, -0.25) is 14.5 Å². The van der Waals surface area contributed by atoms with Crippen molar-refractivity contribution in [2.75, 3.05) is 13.1 Å². The molecule has 8 heteroatoms. The molecule has 2 aliphatic rings. The van der Waals surface area contributed by atoms with Gasteiger partial charge in [0.15, 0.2) is 0 Å². The lowest BCUT2D eigenvalue weighted by Crippen LogP contribution is -2.53. The van der Waals surface area contributed by atoms with Crippen LogP contribution in [0.3, 0.4) is 0 Å². The van der Waals surface area contributed by atoms with Crippen LogP contribution in [0.15, 0.2) is 18.2 Å². The summed E-state index contributed by atoms with van der Waals surface area (Å²) in [6.45, 7) is 7.94. The van der Waals surface area contributed by atoms with Crippen LogP contribution >= 0.6 is 23.2 Å². The maximum absolute atomic E-state index is 13.4. The summed E-state index contributed by atoms with van der Waals surface area (Å²) in [5.41, 5.74) is 7.02. The first-order valence-electron chi connectivity index (χ1n) is 10.7. The number of fused-ring (bicyclic) bond motifs is 1. The van der Waals surface area contributed by atoms with Gasteiger partial charge in [-0.15, -0.1) is 0 Å². The maximum atomic E-state index is 13.4. The first-order valence-corrected chi connectivity index (χ1v) is 11.5. The molecule has 3 N–H and O–H groups in total. The molecule has 0 aromatic heterocycles. The van der Waals surface area contributed by atoms with Crippen LogP contribution in [-0.4, -0.2) is 58.9 Å². The van der Waals surface area contributed by atoms with E-state index in [1.54, 1.807) is 17.0 Å². The number of hydrogen-bond donors (Lipinski definition) is 2. The standard InChI is InChI=1S/C22H32Cl2N4O2/c1-13(2)8-19(21(29)26-11-15-4-5-17(23)18(24)9-15)27-7-6-14(3)28-12-16(25)10-20(28)22(27)30/h4-5,9,13-14,16,19-20H,6-8,10-12,25H2,1-3H3,(H,26,29)/t14?,16-,19-,20+/m1/s1. The first-order chi connectivity index (χ1) is 14.2. The van der Waals surface area contributed by atoms with Crippen LogP contribution < -0.4 is 11.1 Å². The second-order valence-electron chi connectivity index (χ2n) is 8.99. The quantitative estimate of drug-likeness (QED) is 0.691. The minimum absolute atomic E-state index is 0.00776. The van der Waals surface area contributed by atoms with E-state index < -0.39 is 6.04 Å². The second kappa shape index (κ2) is 9.86. The van der Waals surface area contributed by atoms with Gasteiger partial charge in [-0.05, 0) is 49.8 Å². The fourth-order valence-corrected chi connectivity index (χ4v) is 4.83. The number of nitrogens with zero attached hydrogens (tertiary/aromatic N) is 2. The molecule has 1 unspecified atom stereocenters. The van der Waals surface area contributed by atoms with Crippen LogP contribution in [0.25, 0.3) is 0 Å². The summed E-state index contributed by atoms with van der Waals surface area (Å²) in [6.07, 6.45) is 2.11. The number of carbonyl (C=O) groups excluding carboxylic acids is 2. The number of nitrogens with one attached hydrogen (secondary N) is 1. The predicted octanol–water partition coefficient (Wildman–Crippen LogP) is 3.05. The molecule has 1 aromatic rings. The fraction of sp³-hybridized carbons (Fsp3) is 0.636. The molecule has 30 heavy (non-hydrogen) atoms. The van der Waals surface area contributed by atoms with Crippen LogP contribution in [0.1, 0.15) is 45.6 Å². The summed E-state index contributed by atoms with van der Waals surface area (Å²) < 4.78 is 0. The van der Waals surface area contributed by atoms with E-state index in [1.165, 1.54) is 0 Å². The van der Waals surface area contributed by atoms with Gasteiger partial charge in [0.2, 0.25) is 11.8 Å². The SMILES string of the molecule is CC(C)C[C@H](C(=O)NCc1ccc(Cl)c(Cl)c1)N1CCC(C)N2C[C@H](N)C[C@H]2C1=O. The predicted molar refractivity (Wildman–Crippen MR) is 120 cm³/mol. The van der Waals surface area contributed by atoms with Crippen LogP contribution in [-0.2, 0) is 16.1 Å². The highest BCUT2D eigenvalue weighted by atomic mass is 35.5. The zero-order valence-electron chi connectivity index (χ0n) is 17.9. The summed E-state index contributed by atoms with van der Waals surface area (Å²) in [6, 6.07) is 4.86. The third kappa shape index (κ3) is 5.28. The molecule has 0 bridgehead atoms. The zero-order valence-corrected chi connectivity index (χ0v) is 19.4. The van der Waals surface area contributed by atoms with Gasteiger partial charge in [0.05, 0.1) is 16.1 Å². The topological polar surface area (TPSA) is 78.7 Å². The van der Waals surface area contributed by atoms with Crippen LogP contribution in [0, 0.1) is 5.92 Å². The number of halogens is 2. The normalized spacial score (nSPS) is 25.9. The maximum Gasteiger partial charge on any atom is 0.243 e. The van der Waals surface area contributed by atoms with E-state index in [0.29, 0.717) is 36.0 Å². The van der Waals surface area contributed by atoms with Gasteiger partial charge < -0.3 is 16.0 Å². The average molecular weight is 455 g/mol. The van der Waals surface area contributed by atoms with Crippen LogP contribution in [0.5, 0.6) is 0 Å². The molecule has 0 radical (unpaired) electrons. The fourth-order valence-electron chi connectivity index (χ4n) is 4.51. The van der Waals surface area contributed by atoms with E-state index in [0.717, 1.165) is 18.5 Å². The Morgan fingerprint density at radius 2 is 2.03 bits per heavy atom. The Balaban J connectivity index is 1.76. The molecule has 2 saturated heterocycles. The molecule has 0 spiro atoms. The van der Waals surface area contributed by atoms with Crippen molar-refractivity contribution in [3.05, 3.63) is 33.8 Å². The number of nitrogens with two attached hydrogens (primary N) is 1. The third-order valence-electron chi connectivity index (χ3n) is 6.12. The second-order valence-corrected chi connectivity index (χ2v) is 9.80. The van der Waals surface area contributed by atoms with Crippen molar-refractivity contribution in [1.29, 1.82) is 0 Å². The van der Waals surface area contributed by atoms with Crippen molar-refractivity contribution < 1.29 is 9.59 Å². The summed E-state index contributed by atoms with van der Waals surface area (Å²) in [4.78, 5) is 30.6. The highest BCUT2D eigenvalue weighted by molar-refractivity contribution is 6.42. The first kappa shape index (κ1) is 23.3. The largest absolute Gasteiger partial charge is 0.350 e. The van der Waals surface area contributed by atoms with Crippen LogP contribution in [0.4, 0.5) is 0 Å². The summed E-state index contributed by atoms with van der Waals surface area (Å²) in [5.74, 6) is 0.176. The van der Waals surface area contributed by atoms with E-state index in [2.05, 4.69) is 31.0 Å². The Labute approximate surface area is 189 Å². The highest BCUT2D eigenvalue weighted by Crippen LogP contribution is 2.28. The summed E-state index contributed by atoms with van der Waals surface area (Å²) in [5, 5.41) is 3.93. The lowest BCUT2D eigenvalue weighted by molar-refractivity contribution is -0.143. The van der Waals surface area contributed by atoms with E-state index in [1.807, 2.05) is 6.07 Å². The highest BCUT2D eigenvalue weighted by Gasteiger charge is 2.44. The van der Waals surface area contributed by atoms with Crippen molar-refractivity contribution in [3.63, 3.8) is 0 Å². The zero-order chi connectivity index (χ0) is 22.0. The third-order valence-corrected chi connectivity index (χ3v) is 6.86. The van der Waals surface area contributed by atoms with E-state index in [9.17, 15) is 9.59 Å². The number of carbonyl (C=O) groups is 2. The van der Waals surface area contributed by atoms with Crippen molar-refractivity contribution >= 4 is 35.0 Å². The van der Waals surface area contributed by atoms with Gasteiger partial charge in [-0.2, -0.15) is 0 Å². The smallest absolute Gasteiger partial charge is 0.243 e. The molecule has 2 amide bonds. The number of amides is 2. The van der Waals surface area contributed by atoms with E-state index >= 15 is 0 Å². The van der Waals surface area contributed by atoms with E-state index in [4.69, 9.17) is 28.9 Å². The minimum Gasteiger partial charge on any atom is -0.350 e. The molecule has 166 valence electrons. The number of rotatable bonds is 6. The molecule has 6 nitrogen and oxygen atoms in total. The van der Waals surface area contributed by atoms with Gasteiger partial charge in [-0.1, -0.05) is 43.1 Å². The number of hydrogen-bond acceptors (Lipinski definition) is 4. The van der Waals surface area contributed by atoms with E-state index in [-0.39, 0.29) is 35.9 Å². The molecule has 1 aromatic carbocycles. The van der Waals surface area contributed by atoms with Gasteiger partial charge >= 0.3 is 0 Å². The average Bonchev–Trinajstić information content (AvgIpc) is 3.04. The summed E-state index contributed by atoms with van der Waals surface area (Å²) in [7, 11) is 0. The Bertz CT molecular complexity index is 788.